The number of ether oxygens (including phenoxy) is 1. The van der Waals surface area contributed by atoms with Gasteiger partial charge in [-0.05, 0) is 24.6 Å². The van der Waals surface area contributed by atoms with E-state index in [4.69, 9.17) is 4.74 Å². The molecule has 0 saturated heterocycles. The number of nitro groups is 1. The van der Waals surface area contributed by atoms with Gasteiger partial charge in [-0.15, -0.1) is 5.10 Å². The summed E-state index contributed by atoms with van der Waals surface area (Å²) in [6.45, 7) is 2.12. The van der Waals surface area contributed by atoms with Crippen molar-refractivity contribution in [3.05, 3.63) is 46.3 Å². The minimum Gasteiger partial charge on any atom is -0.496 e. The second kappa shape index (κ2) is 7.34. The second-order valence-electron chi connectivity index (χ2n) is 4.49. The van der Waals surface area contributed by atoms with Crippen molar-refractivity contribution in [2.24, 2.45) is 0 Å². The Kier molecular flexibility index (Phi) is 5.22. The molecule has 112 valence electrons. The Morgan fingerprint density at radius 3 is 2.95 bits per heavy atom. The van der Waals surface area contributed by atoms with Crippen molar-refractivity contribution in [1.82, 2.24) is 20.3 Å². The van der Waals surface area contributed by atoms with Gasteiger partial charge in [-0.25, -0.2) is 0 Å². The van der Waals surface area contributed by atoms with E-state index in [0.29, 0.717) is 12.3 Å². The van der Waals surface area contributed by atoms with Crippen LogP contribution >= 0.6 is 0 Å². The van der Waals surface area contributed by atoms with Crippen molar-refractivity contribution >= 4 is 5.69 Å². The van der Waals surface area contributed by atoms with Crippen molar-refractivity contribution in [3.8, 4) is 5.75 Å². The molecule has 0 aliphatic carbocycles. The largest absolute Gasteiger partial charge is 0.496 e. The molecule has 0 atom stereocenters. The molecule has 8 heteroatoms. The first-order chi connectivity index (χ1) is 10.2. The highest BCUT2D eigenvalue weighted by Crippen LogP contribution is 2.22. The number of benzene rings is 1. The first kappa shape index (κ1) is 14.9. The summed E-state index contributed by atoms with van der Waals surface area (Å²) in [5.74, 6) is 0.489. The lowest BCUT2D eigenvalue weighted by molar-refractivity contribution is -0.385. The second-order valence-corrected chi connectivity index (χ2v) is 4.49. The topological polar surface area (TPSA) is 95.1 Å². The van der Waals surface area contributed by atoms with E-state index < -0.39 is 4.92 Å². The van der Waals surface area contributed by atoms with E-state index in [2.05, 4.69) is 15.6 Å². The molecule has 0 aliphatic rings. The zero-order valence-corrected chi connectivity index (χ0v) is 11.7. The summed E-state index contributed by atoms with van der Waals surface area (Å²) < 4.78 is 6.83. The standard InChI is InChI=1S/C13H17N5O3/c1-21-13-8-11(7-12(9-13)18(19)20)10-14-3-2-5-17-6-4-15-16-17/h4,6-9,14H,2-3,5,10H2,1H3. The highest BCUT2D eigenvalue weighted by atomic mass is 16.6. The van der Waals surface area contributed by atoms with Crippen LogP contribution in [0.5, 0.6) is 5.75 Å². The molecule has 2 aromatic rings. The molecule has 8 nitrogen and oxygen atoms in total. The third-order valence-corrected chi connectivity index (χ3v) is 2.94. The van der Waals surface area contributed by atoms with Crippen molar-refractivity contribution in [1.29, 1.82) is 0 Å². The van der Waals surface area contributed by atoms with E-state index in [1.165, 1.54) is 13.2 Å². The van der Waals surface area contributed by atoms with Gasteiger partial charge in [-0.2, -0.15) is 0 Å². The summed E-state index contributed by atoms with van der Waals surface area (Å²) in [7, 11) is 1.49. The fourth-order valence-electron chi connectivity index (χ4n) is 1.92. The number of non-ortho nitro benzene ring substituents is 1. The van der Waals surface area contributed by atoms with E-state index in [1.807, 2.05) is 6.20 Å². The number of aromatic nitrogens is 3. The average Bonchev–Trinajstić information content (AvgIpc) is 2.99. The van der Waals surface area contributed by atoms with Gasteiger partial charge in [0.15, 0.2) is 0 Å². The minimum atomic E-state index is -0.420. The van der Waals surface area contributed by atoms with Gasteiger partial charge in [0, 0.05) is 25.4 Å². The summed E-state index contributed by atoms with van der Waals surface area (Å²) >= 11 is 0. The molecule has 21 heavy (non-hydrogen) atoms. The van der Waals surface area contributed by atoms with Crippen LogP contribution in [0.25, 0.3) is 0 Å². The molecular weight excluding hydrogens is 274 g/mol. The molecule has 1 aromatic carbocycles. The Labute approximate surface area is 121 Å². The number of nitro benzene ring substituents is 1. The normalized spacial score (nSPS) is 10.5. The number of methoxy groups -OCH3 is 1. The summed E-state index contributed by atoms with van der Waals surface area (Å²) in [5.41, 5.74) is 0.857. The Bertz CT molecular complexity index is 585. The Morgan fingerprint density at radius 2 is 2.29 bits per heavy atom. The molecule has 0 unspecified atom stereocenters. The van der Waals surface area contributed by atoms with Crippen LogP contribution < -0.4 is 10.1 Å². The van der Waals surface area contributed by atoms with Crippen LogP contribution in [-0.2, 0) is 13.1 Å². The highest BCUT2D eigenvalue weighted by Gasteiger charge is 2.09. The molecule has 1 N–H and O–H groups in total. The Balaban J connectivity index is 1.82. The molecule has 1 aromatic heterocycles. The molecule has 0 fully saturated rings. The van der Waals surface area contributed by atoms with Gasteiger partial charge in [0.2, 0.25) is 0 Å². The average molecular weight is 291 g/mol. The smallest absolute Gasteiger partial charge is 0.273 e. The van der Waals surface area contributed by atoms with Gasteiger partial charge in [0.25, 0.3) is 5.69 Å². The quantitative estimate of drug-likeness (QED) is 0.448. The zero-order valence-electron chi connectivity index (χ0n) is 11.7. The predicted molar refractivity (Wildman–Crippen MR) is 76.0 cm³/mol. The predicted octanol–water partition coefficient (Wildman–Crippen LogP) is 1.37. The maximum atomic E-state index is 10.8. The van der Waals surface area contributed by atoms with Gasteiger partial charge >= 0.3 is 0 Å². The maximum Gasteiger partial charge on any atom is 0.273 e. The summed E-state index contributed by atoms with van der Waals surface area (Å²) in [5, 5.41) is 21.7. The monoisotopic (exact) mass is 291 g/mol. The van der Waals surface area contributed by atoms with Gasteiger partial charge in [0.1, 0.15) is 5.75 Å². The SMILES string of the molecule is COc1cc(CNCCCn2ccnn2)cc([N+](=O)[O-])c1. The molecule has 0 spiro atoms. The van der Waals surface area contributed by atoms with Crippen LogP contribution in [0.4, 0.5) is 5.69 Å². The van der Waals surface area contributed by atoms with Crippen LogP contribution in [0.15, 0.2) is 30.6 Å². The zero-order chi connectivity index (χ0) is 15.1. The Morgan fingerprint density at radius 1 is 1.43 bits per heavy atom. The van der Waals surface area contributed by atoms with Crippen LogP contribution in [0.1, 0.15) is 12.0 Å². The number of hydrogen-bond acceptors (Lipinski definition) is 6. The fourth-order valence-corrected chi connectivity index (χ4v) is 1.92. The maximum absolute atomic E-state index is 10.8. The lowest BCUT2D eigenvalue weighted by atomic mass is 10.2. The third-order valence-electron chi connectivity index (χ3n) is 2.94. The van der Waals surface area contributed by atoms with Crippen molar-refractivity contribution in [3.63, 3.8) is 0 Å². The first-order valence-corrected chi connectivity index (χ1v) is 6.56. The third kappa shape index (κ3) is 4.53. The van der Waals surface area contributed by atoms with Crippen LogP contribution in [-0.4, -0.2) is 33.6 Å². The van der Waals surface area contributed by atoms with Crippen LogP contribution in [0.2, 0.25) is 0 Å². The molecule has 0 radical (unpaired) electrons. The number of nitrogens with zero attached hydrogens (tertiary/aromatic N) is 4. The lowest BCUT2D eigenvalue weighted by Gasteiger charge is -2.07. The molecule has 0 bridgehead atoms. The van der Waals surface area contributed by atoms with Gasteiger partial charge in [0.05, 0.1) is 24.3 Å². The number of hydrogen-bond donors (Lipinski definition) is 1. The Hall–Kier alpha value is -2.48. The minimum absolute atomic E-state index is 0.0359. The van der Waals surface area contributed by atoms with Gasteiger partial charge in [-0.3, -0.25) is 14.8 Å². The highest BCUT2D eigenvalue weighted by molar-refractivity contribution is 5.42. The van der Waals surface area contributed by atoms with Gasteiger partial charge < -0.3 is 10.1 Å². The van der Waals surface area contributed by atoms with E-state index >= 15 is 0 Å². The lowest BCUT2D eigenvalue weighted by Crippen LogP contribution is -2.16. The molecular formula is C13H17N5O3. The van der Waals surface area contributed by atoms with Crippen molar-refractivity contribution < 1.29 is 9.66 Å². The number of nitrogens with one attached hydrogen (secondary N) is 1. The number of aryl methyl sites for hydroxylation is 1. The van der Waals surface area contributed by atoms with Crippen molar-refractivity contribution in [2.75, 3.05) is 13.7 Å². The molecule has 0 saturated carbocycles. The van der Waals surface area contributed by atoms with E-state index in [0.717, 1.165) is 25.1 Å². The molecule has 0 aliphatic heterocycles. The molecule has 0 amide bonds. The molecule has 1 heterocycles. The van der Waals surface area contributed by atoms with E-state index in [9.17, 15) is 10.1 Å². The van der Waals surface area contributed by atoms with Crippen LogP contribution in [0, 0.1) is 10.1 Å². The van der Waals surface area contributed by atoms with E-state index in [1.54, 1.807) is 23.0 Å². The first-order valence-electron chi connectivity index (χ1n) is 6.56. The van der Waals surface area contributed by atoms with Crippen LogP contribution in [0.3, 0.4) is 0 Å². The van der Waals surface area contributed by atoms with E-state index in [-0.39, 0.29) is 5.69 Å². The van der Waals surface area contributed by atoms with Crippen molar-refractivity contribution in [2.45, 2.75) is 19.5 Å². The summed E-state index contributed by atoms with van der Waals surface area (Å²) in [6, 6.07) is 4.75. The fraction of sp³-hybridized carbons (Fsp3) is 0.385. The molecule has 2 rings (SSSR count). The summed E-state index contributed by atoms with van der Waals surface area (Å²) in [4.78, 5) is 10.4. The summed E-state index contributed by atoms with van der Waals surface area (Å²) in [6.07, 6.45) is 4.35. The number of rotatable bonds is 8. The van der Waals surface area contributed by atoms with Gasteiger partial charge in [-0.1, -0.05) is 5.21 Å².